The topological polar surface area (TPSA) is 65.8 Å². The van der Waals surface area contributed by atoms with E-state index in [0.29, 0.717) is 16.6 Å². The van der Waals surface area contributed by atoms with Crippen molar-refractivity contribution >= 4 is 34.1 Å². The van der Waals surface area contributed by atoms with Crippen molar-refractivity contribution in [3.63, 3.8) is 0 Å². The number of aromatic nitrogens is 1. The Bertz CT molecular complexity index is 304. The van der Waals surface area contributed by atoms with Gasteiger partial charge in [0, 0.05) is 11.6 Å². The van der Waals surface area contributed by atoms with Gasteiger partial charge in [-0.1, -0.05) is 0 Å². The van der Waals surface area contributed by atoms with E-state index >= 15 is 0 Å². The number of nitrogens with zero attached hydrogens (tertiary/aromatic N) is 2. The predicted octanol–water partition coefficient (Wildman–Crippen LogP) is 1.34. The molecule has 0 aromatic carbocycles. The van der Waals surface area contributed by atoms with Crippen molar-refractivity contribution in [2.45, 2.75) is 0 Å². The number of nitrogens with one attached hydrogen (secondary N) is 1. The molecule has 0 unspecified atom stereocenters. The predicted molar refractivity (Wildman–Crippen MR) is 53.7 cm³/mol. The zero-order chi connectivity index (χ0) is 9.52. The molecule has 6 heteroatoms. The van der Waals surface area contributed by atoms with Gasteiger partial charge in [0.2, 0.25) is 5.91 Å². The summed E-state index contributed by atoms with van der Waals surface area (Å²) in [5.74, 6) is 0.522. The Balaban J connectivity index is 2.23. The molecule has 1 amide bonds. The van der Waals surface area contributed by atoms with Gasteiger partial charge in [0.15, 0.2) is 5.13 Å². The van der Waals surface area contributed by atoms with Gasteiger partial charge in [0.05, 0.1) is 17.6 Å². The molecule has 0 bridgehead atoms. The van der Waals surface area contributed by atoms with Gasteiger partial charge in [0.1, 0.15) is 0 Å². The average molecular weight is 213 g/mol. The number of thioether (sulfide) groups is 1. The van der Waals surface area contributed by atoms with E-state index in [9.17, 15) is 4.79 Å². The quantitative estimate of drug-likeness (QED) is 0.766. The van der Waals surface area contributed by atoms with E-state index < -0.39 is 0 Å². The highest BCUT2D eigenvalue weighted by atomic mass is 32.2. The summed E-state index contributed by atoms with van der Waals surface area (Å²) in [5.41, 5.74) is 0. The van der Waals surface area contributed by atoms with E-state index in [1.54, 1.807) is 11.6 Å². The van der Waals surface area contributed by atoms with E-state index in [0.717, 1.165) is 0 Å². The molecule has 4 nitrogen and oxygen atoms in total. The van der Waals surface area contributed by atoms with Crippen LogP contribution in [0.1, 0.15) is 0 Å². The number of hydrogen-bond donors (Lipinski definition) is 1. The Labute approximate surface area is 84.0 Å². The number of rotatable bonds is 4. The van der Waals surface area contributed by atoms with E-state index in [1.165, 1.54) is 23.1 Å². The lowest BCUT2D eigenvalue weighted by molar-refractivity contribution is -0.113. The van der Waals surface area contributed by atoms with Gasteiger partial charge in [-0.15, -0.1) is 23.1 Å². The van der Waals surface area contributed by atoms with Crippen molar-refractivity contribution in [1.82, 2.24) is 4.98 Å². The SMILES string of the molecule is N#CCSCC(=O)Nc1nccs1. The zero-order valence-corrected chi connectivity index (χ0v) is 8.32. The van der Waals surface area contributed by atoms with Crippen LogP contribution >= 0.6 is 23.1 Å². The summed E-state index contributed by atoms with van der Waals surface area (Å²) >= 11 is 2.66. The smallest absolute Gasteiger partial charge is 0.236 e. The minimum Gasteiger partial charge on any atom is -0.301 e. The van der Waals surface area contributed by atoms with E-state index in [4.69, 9.17) is 5.26 Å². The Morgan fingerprint density at radius 3 is 3.31 bits per heavy atom. The second-order valence-corrected chi connectivity index (χ2v) is 3.92. The van der Waals surface area contributed by atoms with Gasteiger partial charge in [-0.25, -0.2) is 4.98 Å². The average Bonchev–Trinajstić information content (AvgIpc) is 2.57. The first-order chi connectivity index (χ1) is 6.33. The van der Waals surface area contributed by atoms with Crippen LogP contribution in [-0.4, -0.2) is 22.4 Å². The van der Waals surface area contributed by atoms with Crippen LogP contribution in [0.25, 0.3) is 0 Å². The summed E-state index contributed by atoms with van der Waals surface area (Å²) in [4.78, 5) is 15.0. The molecule has 0 radical (unpaired) electrons. The molecule has 1 rings (SSSR count). The fourth-order valence-corrected chi connectivity index (χ4v) is 1.63. The van der Waals surface area contributed by atoms with Gasteiger partial charge in [0.25, 0.3) is 0 Å². The Hall–Kier alpha value is -1.06. The van der Waals surface area contributed by atoms with E-state index in [-0.39, 0.29) is 5.91 Å². The van der Waals surface area contributed by atoms with Crippen molar-refractivity contribution < 1.29 is 4.79 Å². The maximum absolute atomic E-state index is 11.1. The number of anilines is 1. The molecule has 0 atom stereocenters. The van der Waals surface area contributed by atoms with Crippen molar-refractivity contribution in [2.24, 2.45) is 0 Å². The summed E-state index contributed by atoms with van der Waals surface area (Å²) in [5, 5.41) is 13.2. The number of carbonyl (C=O) groups excluding carboxylic acids is 1. The Morgan fingerprint density at radius 2 is 2.69 bits per heavy atom. The molecular formula is C7H7N3OS2. The van der Waals surface area contributed by atoms with Crippen molar-refractivity contribution in [3.05, 3.63) is 11.6 Å². The first-order valence-electron chi connectivity index (χ1n) is 3.47. The number of amides is 1. The molecule has 0 saturated heterocycles. The summed E-state index contributed by atoms with van der Waals surface area (Å²) in [6, 6.07) is 1.95. The molecule has 13 heavy (non-hydrogen) atoms. The third-order valence-corrected chi connectivity index (χ3v) is 2.57. The van der Waals surface area contributed by atoms with Crippen molar-refractivity contribution in [2.75, 3.05) is 16.8 Å². The highest BCUT2D eigenvalue weighted by Gasteiger charge is 2.02. The summed E-state index contributed by atoms with van der Waals surface area (Å²) in [6.45, 7) is 0. The maximum atomic E-state index is 11.1. The Kier molecular flexibility index (Phi) is 4.29. The van der Waals surface area contributed by atoms with Gasteiger partial charge in [-0.3, -0.25) is 4.79 Å². The van der Waals surface area contributed by atoms with Gasteiger partial charge < -0.3 is 5.32 Å². The van der Waals surface area contributed by atoms with Crippen LogP contribution in [0.5, 0.6) is 0 Å². The van der Waals surface area contributed by atoms with Gasteiger partial charge in [-0.05, 0) is 0 Å². The Morgan fingerprint density at radius 1 is 1.85 bits per heavy atom. The number of hydrogen-bond acceptors (Lipinski definition) is 5. The van der Waals surface area contributed by atoms with Crippen LogP contribution in [0, 0.1) is 11.3 Å². The summed E-state index contributed by atoms with van der Waals surface area (Å²) in [7, 11) is 0. The number of carbonyl (C=O) groups is 1. The molecular weight excluding hydrogens is 206 g/mol. The lowest BCUT2D eigenvalue weighted by Crippen LogP contribution is -2.13. The molecule has 1 aromatic heterocycles. The molecule has 1 N–H and O–H groups in total. The molecule has 0 aliphatic carbocycles. The van der Waals surface area contributed by atoms with Crippen LogP contribution in [0.15, 0.2) is 11.6 Å². The number of thiazole rings is 1. The molecule has 1 aromatic rings. The third kappa shape index (κ3) is 3.92. The maximum Gasteiger partial charge on any atom is 0.236 e. The van der Waals surface area contributed by atoms with Crippen LogP contribution in [0.3, 0.4) is 0 Å². The molecule has 0 spiro atoms. The molecule has 68 valence electrons. The van der Waals surface area contributed by atoms with Crippen molar-refractivity contribution in [1.29, 1.82) is 5.26 Å². The number of nitriles is 1. The second kappa shape index (κ2) is 5.56. The molecule has 0 aliphatic heterocycles. The first kappa shape index (κ1) is 10.0. The summed E-state index contributed by atoms with van der Waals surface area (Å²) < 4.78 is 0. The summed E-state index contributed by atoms with van der Waals surface area (Å²) in [6.07, 6.45) is 1.63. The molecule has 1 heterocycles. The van der Waals surface area contributed by atoms with Crippen LogP contribution in [0.4, 0.5) is 5.13 Å². The first-order valence-corrected chi connectivity index (χ1v) is 5.50. The monoisotopic (exact) mass is 213 g/mol. The minimum absolute atomic E-state index is 0.116. The van der Waals surface area contributed by atoms with E-state index in [1.807, 2.05) is 6.07 Å². The second-order valence-electron chi connectivity index (χ2n) is 2.04. The third-order valence-electron chi connectivity index (χ3n) is 1.08. The zero-order valence-electron chi connectivity index (χ0n) is 6.69. The fraction of sp³-hybridized carbons (Fsp3) is 0.286. The molecule has 0 saturated carbocycles. The van der Waals surface area contributed by atoms with E-state index in [2.05, 4.69) is 10.3 Å². The molecule has 0 aliphatic rings. The van der Waals surface area contributed by atoms with Gasteiger partial charge in [-0.2, -0.15) is 5.26 Å². The van der Waals surface area contributed by atoms with Gasteiger partial charge >= 0.3 is 0 Å². The normalized spacial score (nSPS) is 9.15. The minimum atomic E-state index is -0.116. The van der Waals surface area contributed by atoms with Crippen molar-refractivity contribution in [3.8, 4) is 6.07 Å². The van der Waals surface area contributed by atoms with Crippen LogP contribution in [-0.2, 0) is 4.79 Å². The highest BCUT2D eigenvalue weighted by molar-refractivity contribution is 8.00. The largest absolute Gasteiger partial charge is 0.301 e. The van der Waals surface area contributed by atoms with Crippen LogP contribution < -0.4 is 5.32 Å². The lowest BCUT2D eigenvalue weighted by Gasteiger charge is -1.98. The fourth-order valence-electron chi connectivity index (χ4n) is 0.630. The lowest BCUT2D eigenvalue weighted by atomic mass is 10.7. The highest BCUT2D eigenvalue weighted by Crippen LogP contribution is 2.10. The molecule has 0 fully saturated rings. The van der Waals surface area contributed by atoms with Crippen LogP contribution in [0.2, 0.25) is 0 Å². The standard InChI is InChI=1S/C7H7N3OS2/c8-1-3-12-5-6(11)10-7-9-2-4-13-7/h2,4H,3,5H2,(H,9,10,11).